The van der Waals surface area contributed by atoms with E-state index in [4.69, 9.17) is 27.9 Å². The molecule has 0 atom stereocenters. The van der Waals surface area contributed by atoms with Crippen LogP contribution in [0, 0.1) is 5.82 Å². The molecule has 0 amide bonds. The van der Waals surface area contributed by atoms with Gasteiger partial charge in [0.05, 0.1) is 16.1 Å². The van der Waals surface area contributed by atoms with Gasteiger partial charge < -0.3 is 4.74 Å². The Balaban J connectivity index is 1.58. The molecule has 0 aliphatic carbocycles. The molecule has 0 unspecified atom stereocenters. The number of ether oxygens (including phenoxy) is 1. The third-order valence-electron chi connectivity index (χ3n) is 4.41. The number of aromatic nitrogens is 4. The molecule has 32 heavy (non-hydrogen) atoms. The van der Waals surface area contributed by atoms with Gasteiger partial charge >= 0.3 is 6.18 Å². The van der Waals surface area contributed by atoms with Gasteiger partial charge in [0.25, 0.3) is 0 Å². The summed E-state index contributed by atoms with van der Waals surface area (Å²) in [6.45, 7) is 0. The van der Waals surface area contributed by atoms with Crippen LogP contribution in [0.4, 0.5) is 17.6 Å². The van der Waals surface area contributed by atoms with Gasteiger partial charge in [-0.3, -0.25) is 0 Å². The van der Waals surface area contributed by atoms with E-state index >= 15 is 0 Å². The maximum absolute atomic E-state index is 14.2. The molecule has 4 aromatic rings. The number of nitrogens with zero attached hydrogens (tertiary/aromatic N) is 4. The van der Waals surface area contributed by atoms with Crippen LogP contribution in [-0.2, 0) is 13.2 Å². The second kappa shape index (κ2) is 8.40. The smallest absolute Gasteiger partial charge is 0.417 e. The molecule has 0 spiro atoms. The van der Waals surface area contributed by atoms with Crippen molar-refractivity contribution in [3.05, 3.63) is 76.2 Å². The Hall–Kier alpha value is -3.17. The van der Waals surface area contributed by atoms with E-state index in [0.29, 0.717) is 23.3 Å². The standard InChI is InChI=1S/C21H12Cl2F4N4O/c1-31-19(29-18(30-31)17-14(22)3-2-4-16(17)24)11-5-7-13(8-6-11)32-20-15(23)9-12(10-28-20)21(25,26)27/h2-10H,1H3. The number of hydrogen-bond acceptors (Lipinski definition) is 4. The lowest BCUT2D eigenvalue weighted by Gasteiger charge is -2.10. The molecule has 0 saturated heterocycles. The molecular weight excluding hydrogens is 471 g/mol. The fourth-order valence-electron chi connectivity index (χ4n) is 2.89. The molecule has 0 saturated carbocycles. The number of alkyl halides is 3. The Labute approximate surface area is 189 Å². The van der Waals surface area contributed by atoms with Crippen LogP contribution in [0.25, 0.3) is 22.8 Å². The second-order valence-corrected chi connectivity index (χ2v) is 7.43. The van der Waals surface area contributed by atoms with E-state index in [1.807, 2.05) is 0 Å². The van der Waals surface area contributed by atoms with Crippen LogP contribution in [0.2, 0.25) is 10.0 Å². The van der Waals surface area contributed by atoms with Crippen LogP contribution in [0.3, 0.4) is 0 Å². The van der Waals surface area contributed by atoms with Crippen LogP contribution in [0.1, 0.15) is 5.56 Å². The molecule has 11 heteroatoms. The van der Waals surface area contributed by atoms with Crippen molar-refractivity contribution in [2.45, 2.75) is 6.18 Å². The molecule has 0 aliphatic rings. The molecule has 2 aromatic heterocycles. The Morgan fingerprint density at radius 1 is 1.00 bits per heavy atom. The van der Waals surface area contributed by atoms with E-state index in [-0.39, 0.29) is 27.3 Å². The summed E-state index contributed by atoms with van der Waals surface area (Å²) in [7, 11) is 1.65. The van der Waals surface area contributed by atoms with Crippen LogP contribution < -0.4 is 4.74 Å². The van der Waals surface area contributed by atoms with Crippen molar-refractivity contribution in [1.82, 2.24) is 19.7 Å². The van der Waals surface area contributed by atoms with Crippen LogP contribution in [-0.4, -0.2) is 19.7 Å². The summed E-state index contributed by atoms with van der Waals surface area (Å²) in [6.07, 6.45) is -3.91. The normalized spacial score (nSPS) is 11.6. The maximum atomic E-state index is 14.2. The van der Waals surface area contributed by atoms with E-state index < -0.39 is 17.6 Å². The molecule has 0 bridgehead atoms. The first-order chi connectivity index (χ1) is 15.1. The molecule has 4 rings (SSSR count). The van der Waals surface area contributed by atoms with Gasteiger partial charge in [0.1, 0.15) is 16.6 Å². The van der Waals surface area contributed by atoms with Gasteiger partial charge in [-0.1, -0.05) is 29.3 Å². The highest BCUT2D eigenvalue weighted by molar-refractivity contribution is 6.33. The van der Waals surface area contributed by atoms with Crippen molar-refractivity contribution in [2.75, 3.05) is 0 Å². The molecule has 2 aromatic carbocycles. The van der Waals surface area contributed by atoms with E-state index in [1.165, 1.54) is 16.8 Å². The predicted molar refractivity (Wildman–Crippen MR) is 111 cm³/mol. The van der Waals surface area contributed by atoms with Crippen molar-refractivity contribution in [3.63, 3.8) is 0 Å². The maximum Gasteiger partial charge on any atom is 0.417 e. The average molecular weight is 483 g/mol. The largest absolute Gasteiger partial charge is 0.438 e. The fourth-order valence-corrected chi connectivity index (χ4v) is 3.34. The zero-order chi connectivity index (χ0) is 23.0. The first-order valence-corrected chi connectivity index (χ1v) is 9.75. The Kier molecular flexibility index (Phi) is 5.79. The van der Waals surface area contributed by atoms with Crippen LogP contribution in [0.5, 0.6) is 11.6 Å². The van der Waals surface area contributed by atoms with Gasteiger partial charge in [0.2, 0.25) is 5.88 Å². The van der Waals surface area contributed by atoms with E-state index in [2.05, 4.69) is 15.1 Å². The SMILES string of the molecule is Cn1nc(-c2c(F)cccc2Cl)nc1-c1ccc(Oc2ncc(C(F)(F)F)cc2Cl)cc1. The monoisotopic (exact) mass is 482 g/mol. The molecule has 0 fully saturated rings. The van der Waals surface area contributed by atoms with Gasteiger partial charge in [-0.25, -0.2) is 19.0 Å². The van der Waals surface area contributed by atoms with Gasteiger partial charge in [0.15, 0.2) is 11.6 Å². The quantitative estimate of drug-likeness (QED) is 0.300. The topological polar surface area (TPSA) is 52.8 Å². The average Bonchev–Trinajstić information content (AvgIpc) is 3.10. The van der Waals surface area contributed by atoms with E-state index in [0.717, 1.165) is 6.07 Å². The van der Waals surface area contributed by atoms with Crippen molar-refractivity contribution in [2.24, 2.45) is 7.05 Å². The Morgan fingerprint density at radius 3 is 2.34 bits per heavy atom. The molecule has 0 aliphatic heterocycles. The number of aryl methyl sites for hydroxylation is 1. The minimum absolute atomic E-state index is 0.0963. The van der Waals surface area contributed by atoms with Crippen molar-refractivity contribution >= 4 is 23.2 Å². The first-order valence-electron chi connectivity index (χ1n) is 9.00. The number of pyridine rings is 1. The number of rotatable bonds is 4. The zero-order valence-electron chi connectivity index (χ0n) is 16.2. The highest BCUT2D eigenvalue weighted by Gasteiger charge is 2.31. The summed E-state index contributed by atoms with van der Waals surface area (Å²) in [5, 5.41) is 4.15. The van der Waals surface area contributed by atoms with Crippen LogP contribution >= 0.6 is 23.2 Å². The van der Waals surface area contributed by atoms with Crippen molar-refractivity contribution < 1.29 is 22.3 Å². The highest BCUT2D eigenvalue weighted by atomic mass is 35.5. The van der Waals surface area contributed by atoms with Crippen molar-refractivity contribution in [3.8, 4) is 34.4 Å². The third-order valence-corrected chi connectivity index (χ3v) is 5.00. The number of hydrogen-bond donors (Lipinski definition) is 0. The Bertz CT molecular complexity index is 1270. The molecular formula is C21H12Cl2F4N4O. The lowest BCUT2D eigenvalue weighted by molar-refractivity contribution is -0.137. The number of halogens is 6. The molecule has 0 N–H and O–H groups in total. The summed E-state index contributed by atoms with van der Waals surface area (Å²) in [5.41, 5.74) is -0.241. The molecule has 0 radical (unpaired) electrons. The Morgan fingerprint density at radius 2 is 1.72 bits per heavy atom. The van der Waals surface area contributed by atoms with E-state index in [9.17, 15) is 17.6 Å². The summed E-state index contributed by atoms with van der Waals surface area (Å²) in [4.78, 5) is 8.02. The van der Waals surface area contributed by atoms with Crippen LogP contribution in [0.15, 0.2) is 54.7 Å². The van der Waals surface area contributed by atoms with E-state index in [1.54, 1.807) is 37.4 Å². The summed E-state index contributed by atoms with van der Waals surface area (Å²) < 4.78 is 59.4. The van der Waals surface area contributed by atoms with Gasteiger partial charge in [0, 0.05) is 18.8 Å². The predicted octanol–water partition coefficient (Wildman–Crippen LogP) is 6.80. The minimum Gasteiger partial charge on any atom is -0.438 e. The second-order valence-electron chi connectivity index (χ2n) is 6.61. The minimum atomic E-state index is -4.56. The summed E-state index contributed by atoms with van der Waals surface area (Å²) in [5.74, 6) is 0.160. The summed E-state index contributed by atoms with van der Waals surface area (Å²) >= 11 is 12.0. The molecule has 164 valence electrons. The van der Waals surface area contributed by atoms with Gasteiger partial charge in [-0.15, -0.1) is 0 Å². The first kappa shape index (κ1) is 22.0. The van der Waals surface area contributed by atoms with Gasteiger partial charge in [-0.05, 0) is 42.5 Å². The fraction of sp³-hybridized carbons (Fsp3) is 0.0952. The lowest BCUT2D eigenvalue weighted by atomic mass is 10.2. The molecule has 5 nitrogen and oxygen atoms in total. The van der Waals surface area contributed by atoms with Gasteiger partial charge in [-0.2, -0.15) is 18.3 Å². The summed E-state index contributed by atoms with van der Waals surface area (Å²) in [6, 6.07) is 11.5. The lowest BCUT2D eigenvalue weighted by Crippen LogP contribution is -2.05. The zero-order valence-corrected chi connectivity index (χ0v) is 17.7. The highest BCUT2D eigenvalue weighted by Crippen LogP contribution is 2.35. The molecule has 2 heterocycles. The number of benzene rings is 2. The van der Waals surface area contributed by atoms with Crippen molar-refractivity contribution in [1.29, 1.82) is 0 Å². The third kappa shape index (κ3) is 4.39.